The van der Waals surface area contributed by atoms with E-state index in [1.54, 1.807) is 42.5 Å². The van der Waals surface area contributed by atoms with Crippen molar-refractivity contribution in [2.24, 2.45) is 35.5 Å². The predicted molar refractivity (Wildman–Crippen MR) is 121 cm³/mol. The SMILES string of the molecule is COc1ccc(C(=O)COc2ccc(N3C(=O)[C@@H]4[C@@H]5C=C[C@@H]([C@H]6C[C@@H]56)[C@@H]4C3=O)cc2)cc1Cl. The standard InChI is InChI=1S/C26H22ClNO5/c1-32-22-9-2-13(10-20(22)27)21(29)12-33-15-5-3-14(4-6-15)28-25(30)23-16-7-8-17(19-11-18(16)19)24(23)26(28)31/h2-10,16-19,23-24H,11-12H2,1H3/t16-,17+,18+,19-,23-,24+. The van der Waals surface area contributed by atoms with Gasteiger partial charge in [-0.3, -0.25) is 19.3 Å². The highest BCUT2D eigenvalue weighted by atomic mass is 35.5. The number of methoxy groups -OCH3 is 1. The Balaban J connectivity index is 1.14. The molecule has 4 aliphatic carbocycles. The van der Waals surface area contributed by atoms with E-state index in [0.29, 0.717) is 39.6 Å². The van der Waals surface area contributed by atoms with Gasteiger partial charge in [-0.1, -0.05) is 23.8 Å². The first kappa shape index (κ1) is 20.5. The number of ether oxygens (including phenoxy) is 2. The van der Waals surface area contributed by atoms with E-state index >= 15 is 0 Å². The average molecular weight is 464 g/mol. The second kappa shape index (κ2) is 7.45. The van der Waals surface area contributed by atoms with E-state index in [4.69, 9.17) is 21.1 Å². The van der Waals surface area contributed by atoms with Gasteiger partial charge in [-0.05, 0) is 72.6 Å². The number of nitrogens with zero attached hydrogens (tertiary/aromatic N) is 1. The van der Waals surface area contributed by atoms with E-state index < -0.39 is 0 Å². The van der Waals surface area contributed by atoms with E-state index in [0.717, 1.165) is 6.42 Å². The normalized spacial score (nSPS) is 30.8. The number of halogens is 1. The monoisotopic (exact) mass is 463 g/mol. The topological polar surface area (TPSA) is 72.9 Å². The summed E-state index contributed by atoms with van der Waals surface area (Å²) in [5.41, 5.74) is 0.975. The maximum atomic E-state index is 13.2. The Kier molecular flexibility index (Phi) is 4.63. The van der Waals surface area contributed by atoms with E-state index in [1.807, 2.05) is 0 Å². The van der Waals surface area contributed by atoms with E-state index in [1.165, 1.54) is 12.0 Å². The predicted octanol–water partition coefficient (Wildman–Crippen LogP) is 4.17. The lowest BCUT2D eigenvalue weighted by Gasteiger charge is -2.37. The summed E-state index contributed by atoms with van der Waals surface area (Å²) in [5.74, 6) is 1.69. The van der Waals surface area contributed by atoms with E-state index in [2.05, 4.69) is 12.2 Å². The number of ketones is 1. The highest BCUT2D eigenvalue weighted by molar-refractivity contribution is 6.32. The van der Waals surface area contributed by atoms with Crippen molar-refractivity contribution in [2.75, 3.05) is 18.6 Å². The minimum absolute atomic E-state index is 0.0880. The lowest BCUT2D eigenvalue weighted by Crippen LogP contribution is -2.40. The molecule has 1 aliphatic heterocycles. The molecule has 2 bridgehead atoms. The maximum absolute atomic E-state index is 13.2. The van der Waals surface area contributed by atoms with Crippen LogP contribution in [0.15, 0.2) is 54.6 Å². The van der Waals surface area contributed by atoms with Crippen LogP contribution in [0.25, 0.3) is 0 Å². The molecule has 0 spiro atoms. The number of hydrogen-bond acceptors (Lipinski definition) is 5. The van der Waals surface area contributed by atoms with E-state index in [9.17, 15) is 14.4 Å². The Hall–Kier alpha value is -3.12. The van der Waals surface area contributed by atoms with Gasteiger partial charge < -0.3 is 9.47 Å². The van der Waals surface area contributed by atoms with Gasteiger partial charge in [0.05, 0.1) is 29.7 Å². The molecular formula is C26H22ClNO5. The van der Waals surface area contributed by atoms with Crippen LogP contribution < -0.4 is 14.4 Å². The minimum Gasteiger partial charge on any atom is -0.495 e. The average Bonchev–Trinajstić information content (AvgIpc) is 3.61. The number of rotatable bonds is 6. The van der Waals surface area contributed by atoms with Crippen LogP contribution in [0.2, 0.25) is 5.02 Å². The molecule has 168 valence electrons. The molecule has 1 saturated heterocycles. The van der Waals surface area contributed by atoms with Gasteiger partial charge in [0.15, 0.2) is 12.4 Å². The van der Waals surface area contributed by atoms with Crippen molar-refractivity contribution in [3.63, 3.8) is 0 Å². The molecule has 7 rings (SSSR count). The van der Waals surface area contributed by atoms with Crippen molar-refractivity contribution in [3.05, 3.63) is 65.2 Å². The molecule has 2 aromatic rings. The molecular weight excluding hydrogens is 442 g/mol. The fourth-order valence-electron chi connectivity index (χ4n) is 5.97. The molecule has 0 unspecified atom stereocenters. The highest BCUT2D eigenvalue weighted by Gasteiger charge is 2.67. The van der Waals surface area contributed by atoms with Crippen molar-refractivity contribution in [1.82, 2.24) is 0 Å². The van der Waals surface area contributed by atoms with Crippen molar-refractivity contribution in [2.45, 2.75) is 6.42 Å². The molecule has 33 heavy (non-hydrogen) atoms. The summed E-state index contributed by atoms with van der Waals surface area (Å²) in [6.45, 7) is -0.161. The molecule has 0 aromatic heterocycles. The lowest BCUT2D eigenvalue weighted by molar-refractivity contribution is -0.124. The molecule has 0 radical (unpaired) electrons. The molecule has 2 amide bonds. The Morgan fingerprint density at radius 1 is 1.00 bits per heavy atom. The lowest BCUT2D eigenvalue weighted by atomic mass is 9.63. The van der Waals surface area contributed by atoms with Gasteiger partial charge in [0.25, 0.3) is 0 Å². The van der Waals surface area contributed by atoms with E-state index in [-0.39, 0.29) is 47.9 Å². The molecule has 0 N–H and O–H groups in total. The zero-order chi connectivity index (χ0) is 22.9. The van der Waals surface area contributed by atoms with Gasteiger partial charge in [0, 0.05) is 5.56 Å². The zero-order valence-corrected chi connectivity index (χ0v) is 18.7. The van der Waals surface area contributed by atoms with Gasteiger partial charge in [0.1, 0.15) is 11.5 Å². The van der Waals surface area contributed by atoms with Gasteiger partial charge in [-0.25, -0.2) is 0 Å². The van der Waals surface area contributed by atoms with Crippen LogP contribution in [0, 0.1) is 35.5 Å². The summed E-state index contributed by atoms with van der Waals surface area (Å²) in [5, 5.41) is 0.356. The van der Waals surface area contributed by atoms with Gasteiger partial charge in [0.2, 0.25) is 11.8 Å². The molecule has 2 saturated carbocycles. The van der Waals surface area contributed by atoms with Crippen LogP contribution in [0.1, 0.15) is 16.8 Å². The van der Waals surface area contributed by atoms with Gasteiger partial charge >= 0.3 is 0 Å². The third-order valence-corrected chi connectivity index (χ3v) is 7.90. The number of benzene rings is 2. The molecule has 2 aromatic carbocycles. The van der Waals surface area contributed by atoms with Crippen molar-refractivity contribution in [1.29, 1.82) is 0 Å². The fraction of sp³-hybridized carbons (Fsp3) is 0.346. The molecule has 6 nitrogen and oxygen atoms in total. The third-order valence-electron chi connectivity index (χ3n) is 7.60. The summed E-state index contributed by atoms with van der Waals surface area (Å²) in [6, 6.07) is 11.6. The molecule has 7 heteroatoms. The summed E-state index contributed by atoms with van der Waals surface area (Å²) < 4.78 is 10.7. The number of anilines is 1. The summed E-state index contributed by atoms with van der Waals surface area (Å²) >= 11 is 6.09. The number of hydrogen-bond donors (Lipinski definition) is 0. The second-order valence-electron chi connectivity index (χ2n) is 9.22. The number of Topliss-reactive ketones (excluding diaryl/α,β-unsaturated/α-hetero) is 1. The van der Waals surface area contributed by atoms with Crippen LogP contribution in [0.5, 0.6) is 11.5 Å². The maximum Gasteiger partial charge on any atom is 0.238 e. The summed E-state index contributed by atoms with van der Waals surface area (Å²) in [4.78, 5) is 40.2. The second-order valence-corrected chi connectivity index (χ2v) is 9.63. The summed E-state index contributed by atoms with van der Waals surface area (Å²) in [6.07, 6.45) is 5.47. The molecule has 5 aliphatic rings. The van der Waals surface area contributed by atoms with Gasteiger partial charge in [-0.2, -0.15) is 0 Å². The molecule has 1 heterocycles. The highest BCUT2D eigenvalue weighted by Crippen LogP contribution is 2.65. The zero-order valence-electron chi connectivity index (χ0n) is 17.9. The Bertz CT molecular complexity index is 1170. The number of carbonyl (C=O) groups is 3. The minimum atomic E-state index is -0.223. The van der Waals surface area contributed by atoms with Crippen LogP contribution in [0.4, 0.5) is 5.69 Å². The largest absolute Gasteiger partial charge is 0.495 e. The molecule has 3 fully saturated rings. The fourth-order valence-corrected chi connectivity index (χ4v) is 6.23. The van der Waals surface area contributed by atoms with Crippen LogP contribution in [-0.4, -0.2) is 31.3 Å². The van der Waals surface area contributed by atoms with Crippen LogP contribution >= 0.6 is 11.6 Å². The number of carbonyl (C=O) groups excluding carboxylic acids is 3. The number of imide groups is 1. The smallest absolute Gasteiger partial charge is 0.238 e. The van der Waals surface area contributed by atoms with Crippen LogP contribution in [0.3, 0.4) is 0 Å². The molecule has 6 atom stereocenters. The Morgan fingerprint density at radius 2 is 1.64 bits per heavy atom. The number of amides is 2. The first-order chi connectivity index (χ1) is 16.0. The Labute approximate surface area is 196 Å². The summed E-state index contributed by atoms with van der Waals surface area (Å²) in [7, 11) is 1.51. The quantitative estimate of drug-likeness (QED) is 0.365. The first-order valence-electron chi connectivity index (χ1n) is 11.1. The van der Waals surface area contributed by atoms with Crippen LogP contribution in [-0.2, 0) is 9.59 Å². The van der Waals surface area contributed by atoms with Crippen molar-refractivity contribution < 1.29 is 23.9 Å². The first-order valence-corrected chi connectivity index (χ1v) is 11.5. The van der Waals surface area contributed by atoms with Crippen molar-refractivity contribution in [3.8, 4) is 11.5 Å². The van der Waals surface area contributed by atoms with Crippen molar-refractivity contribution >= 4 is 34.9 Å². The Morgan fingerprint density at radius 3 is 2.21 bits per heavy atom. The number of allylic oxidation sites excluding steroid dienone is 2. The third kappa shape index (κ3) is 3.11. The van der Waals surface area contributed by atoms with Gasteiger partial charge in [-0.15, -0.1) is 0 Å².